The summed E-state index contributed by atoms with van der Waals surface area (Å²) in [7, 11) is 0. The van der Waals surface area contributed by atoms with Crippen LogP contribution in [0.3, 0.4) is 0 Å². The normalized spacial score (nSPS) is 31.3. The number of thioether (sulfide) groups is 1. The summed E-state index contributed by atoms with van der Waals surface area (Å²) >= 11 is 1.96. The van der Waals surface area contributed by atoms with Crippen LogP contribution in [0.1, 0.15) is 85.5 Å². The van der Waals surface area contributed by atoms with Crippen molar-refractivity contribution in [3.8, 4) is 0 Å². The van der Waals surface area contributed by atoms with E-state index in [0.717, 1.165) is 42.6 Å². The largest absolute Gasteiger partial charge is 0.386 e. The van der Waals surface area contributed by atoms with Gasteiger partial charge in [0.2, 0.25) is 0 Å². The predicted molar refractivity (Wildman–Crippen MR) is 141 cm³/mol. The van der Waals surface area contributed by atoms with Gasteiger partial charge in [0.05, 0.1) is 5.60 Å². The fourth-order valence-corrected chi connectivity index (χ4v) is 6.98. The number of fused-ring (bicyclic) bond motifs is 1. The third-order valence-corrected chi connectivity index (χ3v) is 9.54. The van der Waals surface area contributed by atoms with E-state index >= 15 is 0 Å². The van der Waals surface area contributed by atoms with Gasteiger partial charge in [-0.2, -0.15) is 11.8 Å². The maximum atomic E-state index is 10.5. The molecule has 0 aromatic rings. The van der Waals surface area contributed by atoms with E-state index in [1.165, 1.54) is 18.4 Å². The lowest BCUT2D eigenvalue weighted by molar-refractivity contribution is -0.166. The molecular formula is C29H44O3S. The molecular weight excluding hydrogens is 428 g/mol. The van der Waals surface area contributed by atoms with Crippen molar-refractivity contribution in [2.75, 3.05) is 5.75 Å². The summed E-state index contributed by atoms with van der Waals surface area (Å²) in [6.45, 7) is 13.0. The van der Waals surface area contributed by atoms with Gasteiger partial charge in [-0.25, -0.2) is 0 Å². The molecule has 4 heteroatoms. The number of aliphatic hydroxyl groups is 3. The Hall–Kier alpha value is -1.07. The lowest BCUT2D eigenvalue weighted by Crippen LogP contribution is -2.33. The first-order valence-corrected chi connectivity index (χ1v) is 13.8. The van der Waals surface area contributed by atoms with Gasteiger partial charge in [-0.3, -0.25) is 0 Å². The summed E-state index contributed by atoms with van der Waals surface area (Å²) in [4.78, 5) is 0. The summed E-state index contributed by atoms with van der Waals surface area (Å²) in [6.07, 6.45) is 18.4. The van der Waals surface area contributed by atoms with Gasteiger partial charge >= 0.3 is 0 Å². The zero-order valence-corrected chi connectivity index (χ0v) is 21.9. The molecule has 3 rings (SSSR count). The van der Waals surface area contributed by atoms with Crippen molar-refractivity contribution in [2.24, 2.45) is 11.3 Å². The van der Waals surface area contributed by atoms with Crippen molar-refractivity contribution in [2.45, 2.75) is 102 Å². The fourth-order valence-electron chi connectivity index (χ4n) is 5.94. The molecule has 3 aliphatic rings. The van der Waals surface area contributed by atoms with E-state index in [2.05, 4.69) is 44.7 Å². The topological polar surface area (TPSA) is 60.7 Å². The highest BCUT2D eigenvalue weighted by Gasteiger charge is 2.46. The molecule has 3 nitrogen and oxygen atoms in total. The molecule has 33 heavy (non-hydrogen) atoms. The molecule has 0 bridgehead atoms. The second-order valence-electron chi connectivity index (χ2n) is 10.6. The summed E-state index contributed by atoms with van der Waals surface area (Å²) in [5, 5.41) is 31.1. The molecule has 0 radical (unpaired) electrons. The Morgan fingerprint density at radius 3 is 2.64 bits per heavy atom. The highest BCUT2D eigenvalue weighted by atomic mass is 32.2. The molecule has 2 fully saturated rings. The maximum Gasteiger partial charge on any atom is 0.166 e. The van der Waals surface area contributed by atoms with Crippen LogP contribution in [0.4, 0.5) is 0 Å². The van der Waals surface area contributed by atoms with Gasteiger partial charge in [-0.15, -0.1) is 0 Å². The molecule has 0 saturated heterocycles. The van der Waals surface area contributed by atoms with E-state index in [4.69, 9.17) is 0 Å². The summed E-state index contributed by atoms with van der Waals surface area (Å²) in [5.41, 5.74) is 4.62. The molecule has 0 spiro atoms. The van der Waals surface area contributed by atoms with E-state index in [0.29, 0.717) is 24.0 Å². The number of hydrogen-bond acceptors (Lipinski definition) is 4. The van der Waals surface area contributed by atoms with Crippen molar-refractivity contribution >= 4 is 11.8 Å². The van der Waals surface area contributed by atoms with E-state index in [9.17, 15) is 15.3 Å². The monoisotopic (exact) mass is 472 g/mol. The summed E-state index contributed by atoms with van der Waals surface area (Å²) in [5.74, 6) is -0.144. The quantitative estimate of drug-likeness (QED) is 0.274. The van der Waals surface area contributed by atoms with Crippen LogP contribution in [0.15, 0.2) is 59.3 Å². The highest BCUT2D eigenvalue weighted by molar-refractivity contribution is 8.00. The lowest BCUT2D eigenvalue weighted by Gasteiger charge is -2.42. The Morgan fingerprint density at radius 1 is 1.21 bits per heavy atom. The van der Waals surface area contributed by atoms with Crippen molar-refractivity contribution in [1.29, 1.82) is 0 Å². The van der Waals surface area contributed by atoms with Crippen LogP contribution in [-0.4, -0.2) is 37.7 Å². The lowest BCUT2D eigenvalue weighted by atomic mass is 9.64. The molecule has 0 aromatic carbocycles. The minimum Gasteiger partial charge on any atom is -0.386 e. The van der Waals surface area contributed by atoms with Crippen LogP contribution >= 0.6 is 11.8 Å². The number of allylic oxidation sites excluding steroid dienone is 5. The molecule has 0 amide bonds. The van der Waals surface area contributed by atoms with Gasteiger partial charge in [0.25, 0.3) is 0 Å². The Bertz CT molecular complexity index is 843. The van der Waals surface area contributed by atoms with Gasteiger partial charge in [0, 0.05) is 23.8 Å². The van der Waals surface area contributed by atoms with Crippen LogP contribution in [0.25, 0.3) is 0 Å². The van der Waals surface area contributed by atoms with Crippen molar-refractivity contribution in [3.63, 3.8) is 0 Å². The molecule has 0 unspecified atom stereocenters. The molecule has 0 aliphatic heterocycles. The number of hydrogen-bond donors (Lipinski definition) is 3. The zero-order valence-electron chi connectivity index (χ0n) is 21.1. The molecule has 3 N–H and O–H groups in total. The first-order chi connectivity index (χ1) is 15.5. The molecule has 3 aliphatic carbocycles. The second-order valence-corrected chi connectivity index (χ2v) is 12.0. The predicted octanol–water partition coefficient (Wildman–Crippen LogP) is 6.63. The van der Waals surface area contributed by atoms with Crippen LogP contribution in [0, 0.1) is 11.3 Å². The SMILES string of the molecule is C=C1CCC(O)(O)CC1=CC=C1CCC[C@]2(C)C([C@H](C)SC/C=C\C(O)(CC)CC)=CC[C@@H]12. The number of rotatable bonds is 8. The van der Waals surface area contributed by atoms with Gasteiger partial charge in [-0.1, -0.05) is 74.4 Å². The van der Waals surface area contributed by atoms with Crippen molar-refractivity contribution in [3.05, 3.63) is 59.3 Å². The van der Waals surface area contributed by atoms with E-state index in [1.807, 2.05) is 31.7 Å². The molecule has 3 atom stereocenters. The minimum atomic E-state index is -1.60. The van der Waals surface area contributed by atoms with Crippen LogP contribution < -0.4 is 0 Å². The second kappa shape index (κ2) is 10.7. The first kappa shape index (κ1) is 26.5. The van der Waals surface area contributed by atoms with Gasteiger partial charge in [0.1, 0.15) is 0 Å². The van der Waals surface area contributed by atoms with Crippen molar-refractivity contribution < 1.29 is 15.3 Å². The van der Waals surface area contributed by atoms with Crippen LogP contribution in [0.5, 0.6) is 0 Å². The Balaban J connectivity index is 1.67. The van der Waals surface area contributed by atoms with Crippen LogP contribution in [-0.2, 0) is 0 Å². The highest BCUT2D eigenvalue weighted by Crippen LogP contribution is 2.56. The van der Waals surface area contributed by atoms with Gasteiger partial charge in [0.15, 0.2) is 5.79 Å². The molecule has 2 saturated carbocycles. The maximum absolute atomic E-state index is 10.5. The third-order valence-electron chi connectivity index (χ3n) is 8.40. The molecule has 0 heterocycles. The molecule has 0 aromatic heterocycles. The average molecular weight is 473 g/mol. The van der Waals surface area contributed by atoms with Crippen molar-refractivity contribution in [1.82, 2.24) is 0 Å². The summed E-state index contributed by atoms with van der Waals surface area (Å²) < 4.78 is 0. The average Bonchev–Trinajstić information content (AvgIpc) is 3.14. The fraction of sp³-hybridized carbons (Fsp3) is 0.655. The smallest absolute Gasteiger partial charge is 0.166 e. The Morgan fingerprint density at radius 2 is 1.94 bits per heavy atom. The Kier molecular flexibility index (Phi) is 8.59. The zero-order chi connectivity index (χ0) is 24.3. The Labute approximate surface area is 205 Å². The summed E-state index contributed by atoms with van der Waals surface area (Å²) in [6, 6.07) is 0. The molecule has 184 valence electrons. The van der Waals surface area contributed by atoms with Gasteiger partial charge < -0.3 is 15.3 Å². The van der Waals surface area contributed by atoms with E-state index < -0.39 is 11.4 Å². The standard InChI is InChI=1S/C29H44O3S/c1-6-28(30,7-2)17-9-19-33-22(4)25-13-14-26-23(10-8-16-27(25,26)5)11-12-24-20-29(31,32)18-15-21(24)3/h9,11-13,17,22,26,30-32H,3,6-8,10,14-16,18-20H2,1-2,4-5H3/b17-9-,23-11?,24-12?/t22-,26-,27+/m0/s1. The van der Waals surface area contributed by atoms with E-state index in [1.54, 1.807) is 5.57 Å². The minimum absolute atomic E-state index is 0.202. The third kappa shape index (κ3) is 6.14. The van der Waals surface area contributed by atoms with E-state index in [-0.39, 0.29) is 11.8 Å². The van der Waals surface area contributed by atoms with Crippen LogP contribution in [0.2, 0.25) is 0 Å². The van der Waals surface area contributed by atoms with Gasteiger partial charge in [-0.05, 0) is 68.8 Å². The first-order valence-electron chi connectivity index (χ1n) is 12.8.